The molecule has 10 aromatic carbocycles. The van der Waals surface area contributed by atoms with Gasteiger partial charge in [0.05, 0.1) is 74.4 Å². The predicted octanol–water partition coefficient (Wildman–Crippen LogP) is 21.2. The van der Waals surface area contributed by atoms with E-state index < -0.39 is 0 Å². The summed E-state index contributed by atoms with van der Waals surface area (Å²) in [6.07, 6.45) is 7.41. The van der Waals surface area contributed by atoms with Gasteiger partial charge in [-0.15, -0.1) is 0 Å². The maximum Gasteiger partial charge on any atom is 0.234 e. The van der Waals surface area contributed by atoms with Crippen LogP contribution in [0, 0.1) is 24.8 Å². The van der Waals surface area contributed by atoms with Gasteiger partial charge in [0.2, 0.25) is 5.69 Å². The Hall–Kier alpha value is -12.6. The standard InChI is InChI=1S/C83H52N8/c1-53-45-54(52-84)47-63(46-53)68-35-40-77(90-73-36-31-59(64-27-15-41-86-78(64)55-19-7-3-8-20-55)48-69(73)70-49-60(32-37-74(70)90)65-28-16-42-87-79(65)56-21-9-4-10-22-56)82(85-2)83(68)91-75-38-33-61(66-29-17-43-88-80(66)57-23-11-5-12-24-57)50-71(75)72-51-62(34-39-76(72)91)67-30-18-44-89-81(67)58-25-13-6-14-26-58/h3-51H,1H3. The zero-order chi connectivity index (χ0) is 60.9. The molecule has 0 radical (unpaired) electrons. The Bertz CT molecular complexity index is 5340. The molecule has 0 aliphatic rings. The zero-order valence-corrected chi connectivity index (χ0v) is 49.4. The highest BCUT2D eigenvalue weighted by Gasteiger charge is 2.27. The SMILES string of the molecule is [C-]#[N+]c1c(-n2c3ccc(-c4cccnc4-c4ccccc4)cc3c3cc(-c4cccnc4-c4ccccc4)ccc32)ccc(-c2cc(C)cc(C#N)c2)c1-n1c2ccc(-c3cccnc3-c3ccccc3)cc2c2cc(-c3cccnc3-c3ccccc3)ccc21. The van der Waals surface area contributed by atoms with Gasteiger partial charge in [-0.25, -0.2) is 4.85 Å². The van der Waals surface area contributed by atoms with Gasteiger partial charge in [-0.2, -0.15) is 5.26 Å². The zero-order valence-electron chi connectivity index (χ0n) is 49.4. The summed E-state index contributed by atoms with van der Waals surface area (Å²) in [6, 6.07) is 97.1. The predicted molar refractivity (Wildman–Crippen MR) is 371 cm³/mol. The smallest absolute Gasteiger partial charge is 0.234 e. The highest BCUT2D eigenvalue weighted by atomic mass is 15.1. The first kappa shape index (κ1) is 53.8. The molecule has 8 nitrogen and oxygen atoms in total. The molecule has 8 heteroatoms. The minimum absolute atomic E-state index is 0.436. The molecule has 0 aliphatic carbocycles. The van der Waals surface area contributed by atoms with E-state index in [1.165, 1.54) is 0 Å². The van der Waals surface area contributed by atoms with Crippen LogP contribution in [0.25, 0.3) is 160 Å². The number of fused-ring (bicyclic) bond motifs is 6. The number of nitriles is 1. The lowest BCUT2D eigenvalue weighted by molar-refractivity contribution is 1.14. The molecule has 0 N–H and O–H groups in total. The third kappa shape index (κ3) is 9.39. The average Bonchev–Trinajstić information content (AvgIpc) is 1.64. The van der Waals surface area contributed by atoms with Gasteiger partial charge in [-0.1, -0.05) is 182 Å². The highest BCUT2D eigenvalue weighted by molar-refractivity contribution is 6.15. The summed E-state index contributed by atoms with van der Waals surface area (Å²) in [5.74, 6) is 0. The van der Waals surface area contributed by atoms with E-state index >= 15 is 0 Å². The summed E-state index contributed by atoms with van der Waals surface area (Å²) in [6.45, 7) is 11.7. The first-order valence-electron chi connectivity index (χ1n) is 30.2. The maximum atomic E-state index is 10.6. The Morgan fingerprint density at radius 3 is 1.02 bits per heavy atom. The van der Waals surface area contributed by atoms with Gasteiger partial charge in [0.15, 0.2) is 0 Å². The summed E-state index contributed by atoms with van der Waals surface area (Å²) in [5, 5.41) is 14.6. The minimum Gasteiger partial charge on any atom is -0.319 e. The molecule has 0 spiro atoms. The molecule has 16 rings (SSSR count). The first-order chi connectivity index (χ1) is 45.0. The second-order valence-corrected chi connectivity index (χ2v) is 22.8. The van der Waals surface area contributed by atoms with Crippen molar-refractivity contribution in [2.75, 3.05) is 0 Å². The van der Waals surface area contributed by atoms with Gasteiger partial charge in [0.25, 0.3) is 0 Å². The topological polar surface area (TPSA) is 89.6 Å². The van der Waals surface area contributed by atoms with Gasteiger partial charge in [0, 0.05) is 90.8 Å². The lowest BCUT2D eigenvalue weighted by Gasteiger charge is -2.21. The van der Waals surface area contributed by atoms with Crippen molar-refractivity contribution in [1.82, 2.24) is 29.1 Å². The fourth-order valence-electron chi connectivity index (χ4n) is 13.4. The van der Waals surface area contributed by atoms with E-state index in [9.17, 15) is 11.8 Å². The Balaban J connectivity index is 0.993. The van der Waals surface area contributed by atoms with Crippen molar-refractivity contribution in [2.24, 2.45) is 0 Å². The van der Waals surface area contributed by atoms with E-state index in [0.29, 0.717) is 22.6 Å². The lowest BCUT2D eigenvalue weighted by atomic mass is 9.96. The fraction of sp³-hybridized carbons (Fsp3) is 0.0120. The molecular formula is C83H52N8. The van der Waals surface area contributed by atoms with Gasteiger partial charge in [-0.05, 0) is 137 Å². The van der Waals surface area contributed by atoms with Crippen LogP contribution >= 0.6 is 0 Å². The Morgan fingerprint density at radius 1 is 0.330 bits per heavy atom. The van der Waals surface area contributed by atoms with Crippen LogP contribution in [0.1, 0.15) is 11.1 Å². The van der Waals surface area contributed by atoms with Crippen LogP contribution in [0.5, 0.6) is 0 Å². The van der Waals surface area contributed by atoms with Crippen LogP contribution in [0.2, 0.25) is 0 Å². The number of aryl methyl sites for hydroxylation is 1. The van der Waals surface area contributed by atoms with Gasteiger partial charge < -0.3 is 9.13 Å². The van der Waals surface area contributed by atoms with Crippen LogP contribution in [-0.4, -0.2) is 29.1 Å². The highest BCUT2D eigenvalue weighted by Crippen LogP contribution is 2.49. The van der Waals surface area contributed by atoms with Crippen molar-refractivity contribution >= 4 is 49.3 Å². The minimum atomic E-state index is 0.436. The molecule has 6 heterocycles. The fourth-order valence-corrected chi connectivity index (χ4v) is 13.4. The summed E-state index contributed by atoms with van der Waals surface area (Å²) in [4.78, 5) is 24.6. The quantitative estimate of drug-likeness (QED) is 0.120. The summed E-state index contributed by atoms with van der Waals surface area (Å²) in [5.41, 5.74) is 24.2. The second-order valence-electron chi connectivity index (χ2n) is 22.8. The molecule has 424 valence electrons. The normalized spacial score (nSPS) is 11.3. The van der Waals surface area contributed by atoms with Crippen LogP contribution in [0.15, 0.2) is 298 Å². The molecule has 0 atom stereocenters. The molecule has 0 bridgehead atoms. The maximum absolute atomic E-state index is 10.6. The molecule has 0 saturated heterocycles. The number of benzene rings is 10. The Labute approximate surface area is 526 Å². The number of hydrogen-bond donors (Lipinski definition) is 0. The van der Waals surface area contributed by atoms with Crippen molar-refractivity contribution < 1.29 is 0 Å². The molecular weight excluding hydrogens is 1110 g/mol. The average molecular weight is 1160 g/mol. The first-order valence-corrected chi connectivity index (χ1v) is 30.2. The van der Waals surface area contributed by atoms with E-state index in [1.807, 2.05) is 141 Å². The third-order valence-corrected chi connectivity index (χ3v) is 17.4. The third-order valence-electron chi connectivity index (χ3n) is 17.4. The molecule has 0 fully saturated rings. The lowest BCUT2D eigenvalue weighted by Crippen LogP contribution is -2.03. The molecule has 0 saturated carbocycles. The second kappa shape index (κ2) is 22.6. The number of rotatable bonds is 11. The van der Waals surface area contributed by atoms with E-state index in [0.717, 1.165) is 150 Å². The molecule has 91 heavy (non-hydrogen) atoms. The summed E-state index contributed by atoms with van der Waals surface area (Å²) >= 11 is 0. The van der Waals surface area contributed by atoms with Gasteiger partial charge >= 0.3 is 0 Å². The summed E-state index contributed by atoms with van der Waals surface area (Å²) < 4.78 is 4.55. The largest absolute Gasteiger partial charge is 0.319 e. The number of hydrogen-bond acceptors (Lipinski definition) is 5. The number of pyridine rings is 4. The number of nitrogens with zero attached hydrogens (tertiary/aromatic N) is 8. The molecule has 0 aliphatic heterocycles. The monoisotopic (exact) mass is 1160 g/mol. The van der Waals surface area contributed by atoms with Crippen LogP contribution in [0.4, 0.5) is 5.69 Å². The molecule has 0 amide bonds. The number of aromatic nitrogens is 6. The Kier molecular flexibility index (Phi) is 13.4. The van der Waals surface area contributed by atoms with Gasteiger partial charge in [-0.3, -0.25) is 19.9 Å². The van der Waals surface area contributed by atoms with Crippen molar-refractivity contribution in [3.63, 3.8) is 0 Å². The van der Waals surface area contributed by atoms with E-state index in [2.05, 4.69) is 179 Å². The van der Waals surface area contributed by atoms with Crippen LogP contribution < -0.4 is 0 Å². The van der Waals surface area contributed by atoms with E-state index in [4.69, 9.17) is 24.8 Å². The van der Waals surface area contributed by atoms with Crippen molar-refractivity contribution in [2.45, 2.75) is 6.92 Å². The molecule has 0 unspecified atom stereocenters. The van der Waals surface area contributed by atoms with E-state index in [1.54, 1.807) is 0 Å². The Morgan fingerprint density at radius 2 is 0.681 bits per heavy atom. The van der Waals surface area contributed by atoms with E-state index in [-0.39, 0.29) is 0 Å². The van der Waals surface area contributed by atoms with Crippen molar-refractivity contribution in [3.05, 3.63) is 320 Å². The van der Waals surface area contributed by atoms with Crippen molar-refractivity contribution in [1.29, 1.82) is 5.26 Å². The molecule has 16 aromatic rings. The summed E-state index contributed by atoms with van der Waals surface area (Å²) in [7, 11) is 0. The molecule has 6 aromatic heterocycles. The van der Waals surface area contributed by atoms with Crippen molar-refractivity contribution in [3.8, 4) is 118 Å². The van der Waals surface area contributed by atoms with Crippen LogP contribution in [0.3, 0.4) is 0 Å². The van der Waals surface area contributed by atoms with Gasteiger partial charge in [0.1, 0.15) is 0 Å². The van der Waals surface area contributed by atoms with Crippen LogP contribution in [-0.2, 0) is 0 Å².